The molecule has 0 amide bonds. The number of aryl methyl sites for hydroxylation is 2. The topological polar surface area (TPSA) is 29.9 Å². The lowest BCUT2D eigenvalue weighted by Crippen LogP contribution is -2.38. The average molecular weight is 277 g/mol. The fourth-order valence-corrected chi connectivity index (χ4v) is 3.65. The second-order valence-corrected chi connectivity index (χ2v) is 6.51. The number of hydrogen-bond donors (Lipinski definition) is 1. The van der Waals surface area contributed by atoms with Gasteiger partial charge in [-0.2, -0.15) is 5.10 Å². The van der Waals surface area contributed by atoms with Crippen LogP contribution in [0.15, 0.2) is 6.07 Å². The summed E-state index contributed by atoms with van der Waals surface area (Å²) in [5.41, 5.74) is 3.06. The van der Waals surface area contributed by atoms with E-state index >= 15 is 0 Å². The molecule has 0 unspecified atom stereocenters. The van der Waals surface area contributed by atoms with Crippen LogP contribution in [-0.2, 0) is 13.0 Å². The summed E-state index contributed by atoms with van der Waals surface area (Å²) in [6.07, 6.45) is 9.37. The summed E-state index contributed by atoms with van der Waals surface area (Å²) in [6.45, 7) is 9.86. The van der Waals surface area contributed by atoms with Crippen LogP contribution in [0.1, 0.15) is 63.8 Å². The van der Waals surface area contributed by atoms with E-state index in [4.69, 9.17) is 0 Å². The van der Waals surface area contributed by atoms with E-state index in [1.165, 1.54) is 57.2 Å². The highest BCUT2D eigenvalue weighted by molar-refractivity contribution is 5.12. The van der Waals surface area contributed by atoms with Crippen molar-refractivity contribution in [3.8, 4) is 0 Å². The van der Waals surface area contributed by atoms with E-state index in [-0.39, 0.29) is 0 Å². The van der Waals surface area contributed by atoms with Gasteiger partial charge in [-0.05, 0) is 57.6 Å². The number of rotatable bonds is 7. The molecule has 2 rings (SSSR count). The molecule has 0 aromatic carbocycles. The molecule has 1 heterocycles. The molecular weight excluding hydrogens is 246 g/mol. The molecule has 20 heavy (non-hydrogen) atoms. The Morgan fingerprint density at radius 3 is 2.65 bits per heavy atom. The summed E-state index contributed by atoms with van der Waals surface area (Å²) in [6, 6.07) is 2.29. The largest absolute Gasteiger partial charge is 0.316 e. The summed E-state index contributed by atoms with van der Waals surface area (Å²) in [7, 11) is 0. The van der Waals surface area contributed by atoms with Gasteiger partial charge in [0.2, 0.25) is 0 Å². The Hall–Kier alpha value is -0.830. The van der Waals surface area contributed by atoms with Crippen LogP contribution in [0.4, 0.5) is 0 Å². The zero-order valence-corrected chi connectivity index (χ0v) is 13.5. The Kier molecular flexibility index (Phi) is 5.64. The molecule has 1 aromatic rings. The van der Waals surface area contributed by atoms with Crippen LogP contribution in [0.5, 0.6) is 0 Å². The molecule has 0 spiro atoms. The van der Waals surface area contributed by atoms with Gasteiger partial charge in [0, 0.05) is 18.8 Å². The summed E-state index contributed by atoms with van der Waals surface area (Å²) >= 11 is 0. The molecular formula is C17H31N3. The van der Waals surface area contributed by atoms with Crippen LogP contribution in [-0.4, -0.2) is 22.9 Å². The molecule has 0 aliphatic heterocycles. The molecule has 3 nitrogen and oxygen atoms in total. The van der Waals surface area contributed by atoms with Crippen LogP contribution in [0.3, 0.4) is 0 Å². The normalized spacial score (nSPS) is 18.4. The summed E-state index contributed by atoms with van der Waals surface area (Å²) in [5, 5.41) is 8.30. The van der Waals surface area contributed by atoms with Gasteiger partial charge >= 0.3 is 0 Å². The van der Waals surface area contributed by atoms with Crippen molar-refractivity contribution < 1.29 is 0 Å². The highest BCUT2D eigenvalue weighted by Gasteiger charge is 2.32. The molecule has 0 saturated heterocycles. The number of aromatic nitrogens is 2. The molecule has 1 fully saturated rings. The number of hydrogen-bond acceptors (Lipinski definition) is 2. The van der Waals surface area contributed by atoms with E-state index in [1.54, 1.807) is 0 Å². The Morgan fingerprint density at radius 1 is 1.25 bits per heavy atom. The minimum atomic E-state index is 0.465. The first kappa shape index (κ1) is 15.6. The number of nitrogens with one attached hydrogen (secondary N) is 1. The smallest absolute Gasteiger partial charge is 0.0596 e. The molecule has 0 radical (unpaired) electrons. The lowest BCUT2D eigenvalue weighted by atomic mass is 9.71. The van der Waals surface area contributed by atoms with Crippen molar-refractivity contribution in [3.63, 3.8) is 0 Å². The summed E-state index contributed by atoms with van der Waals surface area (Å²) in [5.74, 6) is 0. The van der Waals surface area contributed by atoms with Crippen molar-refractivity contribution in [2.24, 2.45) is 5.41 Å². The molecule has 1 N–H and O–H groups in total. The Morgan fingerprint density at radius 2 is 2.00 bits per heavy atom. The van der Waals surface area contributed by atoms with Crippen LogP contribution in [0.25, 0.3) is 0 Å². The minimum absolute atomic E-state index is 0.465. The quantitative estimate of drug-likeness (QED) is 0.770. The van der Waals surface area contributed by atoms with Gasteiger partial charge in [-0.25, -0.2) is 0 Å². The van der Waals surface area contributed by atoms with Crippen molar-refractivity contribution in [2.45, 2.75) is 72.3 Å². The van der Waals surface area contributed by atoms with Gasteiger partial charge in [0.15, 0.2) is 0 Å². The van der Waals surface area contributed by atoms with Crippen LogP contribution in [0, 0.1) is 12.3 Å². The highest BCUT2D eigenvalue weighted by Crippen LogP contribution is 2.38. The average Bonchev–Trinajstić information content (AvgIpc) is 2.80. The van der Waals surface area contributed by atoms with Crippen LogP contribution >= 0.6 is 0 Å². The lowest BCUT2D eigenvalue weighted by molar-refractivity contribution is 0.177. The second kappa shape index (κ2) is 7.26. The van der Waals surface area contributed by atoms with Crippen molar-refractivity contribution in [1.29, 1.82) is 0 Å². The van der Waals surface area contributed by atoms with Crippen LogP contribution < -0.4 is 5.32 Å². The molecule has 0 atom stereocenters. The van der Waals surface area contributed by atoms with Gasteiger partial charge in [0.25, 0.3) is 0 Å². The maximum Gasteiger partial charge on any atom is 0.0596 e. The molecule has 1 aliphatic carbocycles. The van der Waals surface area contributed by atoms with Gasteiger partial charge < -0.3 is 5.32 Å². The predicted molar refractivity (Wildman–Crippen MR) is 85.0 cm³/mol. The SMILES string of the molecule is CCCNCC1(Cc2cc(C)nn2CC)CCCCC1. The zero-order valence-electron chi connectivity index (χ0n) is 13.5. The van der Waals surface area contributed by atoms with E-state index in [9.17, 15) is 0 Å². The molecule has 0 bridgehead atoms. The number of nitrogens with zero attached hydrogens (tertiary/aromatic N) is 2. The third kappa shape index (κ3) is 3.85. The predicted octanol–water partition coefficient (Wildman–Crippen LogP) is 3.70. The Balaban J connectivity index is 2.09. The zero-order chi connectivity index (χ0) is 14.4. The van der Waals surface area contributed by atoms with Gasteiger partial charge in [0.1, 0.15) is 0 Å². The Labute approximate surface area is 124 Å². The fraction of sp³-hybridized carbons (Fsp3) is 0.824. The Bertz CT molecular complexity index is 402. The van der Waals surface area contributed by atoms with E-state index in [0.29, 0.717) is 5.41 Å². The van der Waals surface area contributed by atoms with Gasteiger partial charge in [0.05, 0.1) is 5.69 Å². The van der Waals surface area contributed by atoms with Crippen molar-refractivity contribution in [1.82, 2.24) is 15.1 Å². The van der Waals surface area contributed by atoms with Crippen molar-refractivity contribution in [2.75, 3.05) is 13.1 Å². The van der Waals surface area contributed by atoms with E-state index in [2.05, 4.69) is 41.9 Å². The monoisotopic (exact) mass is 277 g/mol. The first-order chi connectivity index (χ1) is 9.69. The maximum absolute atomic E-state index is 4.62. The van der Waals surface area contributed by atoms with Crippen molar-refractivity contribution >= 4 is 0 Å². The van der Waals surface area contributed by atoms with Gasteiger partial charge in [-0.3, -0.25) is 4.68 Å². The van der Waals surface area contributed by atoms with Gasteiger partial charge in [-0.1, -0.05) is 26.2 Å². The third-order valence-corrected chi connectivity index (χ3v) is 4.68. The molecule has 1 aliphatic rings. The molecule has 3 heteroatoms. The van der Waals surface area contributed by atoms with Gasteiger partial charge in [-0.15, -0.1) is 0 Å². The first-order valence-corrected chi connectivity index (χ1v) is 8.43. The standard InChI is InChI=1S/C17H31N3/c1-4-11-18-14-17(9-7-6-8-10-17)13-16-12-15(3)19-20(16)5-2/h12,18H,4-11,13-14H2,1-3H3. The van der Waals surface area contributed by atoms with E-state index in [0.717, 1.165) is 18.8 Å². The fourth-order valence-electron chi connectivity index (χ4n) is 3.65. The third-order valence-electron chi connectivity index (χ3n) is 4.68. The summed E-state index contributed by atoms with van der Waals surface area (Å²) < 4.78 is 2.20. The molecule has 1 saturated carbocycles. The summed E-state index contributed by atoms with van der Waals surface area (Å²) in [4.78, 5) is 0. The second-order valence-electron chi connectivity index (χ2n) is 6.51. The highest BCUT2D eigenvalue weighted by atomic mass is 15.3. The maximum atomic E-state index is 4.62. The van der Waals surface area contributed by atoms with E-state index < -0.39 is 0 Å². The van der Waals surface area contributed by atoms with Crippen molar-refractivity contribution in [3.05, 3.63) is 17.5 Å². The van der Waals surface area contributed by atoms with E-state index in [1.807, 2.05) is 0 Å². The van der Waals surface area contributed by atoms with Crippen LogP contribution in [0.2, 0.25) is 0 Å². The first-order valence-electron chi connectivity index (χ1n) is 8.43. The lowest BCUT2D eigenvalue weighted by Gasteiger charge is -2.38. The minimum Gasteiger partial charge on any atom is -0.316 e. The molecule has 114 valence electrons. The molecule has 1 aromatic heterocycles.